The monoisotopic (exact) mass is 507 g/mol. The normalized spacial score (nSPS) is 14.1. The summed E-state index contributed by atoms with van der Waals surface area (Å²) in [6.07, 6.45) is 0.291. The fourth-order valence-corrected chi connectivity index (χ4v) is 4.90. The Bertz CT molecular complexity index is 1410. The Balaban J connectivity index is 1.17. The van der Waals surface area contributed by atoms with E-state index in [0.29, 0.717) is 6.54 Å². The van der Waals surface area contributed by atoms with Crippen LogP contribution in [0.4, 0.5) is 0 Å². The highest BCUT2D eigenvalue weighted by molar-refractivity contribution is 6.07. The summed E-state index contributed by atoms with van der Waals surface area (Å²) in [4.78, 5) is 3.44. The topological polar surface area (TPSA) is 69.3 Å². The molecule has 0 radical (unpaired) electrons. The van der Waals surface area contributed by atoms with Crippen molar-refractivity contribution in [1.82, 2.24) is 15.6 Å². The third kappa shape index (κ3) is 6.08. The standard InChI is InChI=1S/C33H37N3O2/c1-3-33(2,23-34-32(24-12-6-4-7-13-24)25-14-8-5-9-15-25)35-21-26(37)22-38-27-18-19-29-28-16-10-11-17-30(28)36-31(29)20-27/h4-20,26,32,34-37H,3,21-23H2,1-2H3. The van der Waals surface area contributed by atoms with Crippen LogP contribution in [-0.4, -0.2) is 41.4 Å². The summed E-state index contributed by atoms with van der Waals surface area (Å²) in [5.74, 6) is 0.747. The quantitative estimate of drug-likeness (QED) is 0.162. The van der Waals surface area contributed by atoms with Crippen LogP contribution in [0.5, 0.6) is 5.75 Å². The van der Waals surface area contributed by atoms with Gasteiger partial charge in [0, 0.05) is 41.0 Å². The van der Waals surface area contributed by atoms with E-state index in [1.165, 1.54) is 21.9 Å². The first-order chi connectivity index (χ1) is 18.5. The fourth-order valence-electron chi connectivity index (χ4n) is 4.90. The van der Waals surface area contributed by atoms with Crippen LogP contribution in [-0.2, 0) is 0 Å². The van der Waals surface area contributed by atoms with Crippen LogP contribution >= 0.6 is 0 Å². The lowest BCUT2D eigenvalue weighted by Crippen LogP contribution is -2.53. The zero-order valence-corrected chi connectivity index (χ0v) is 22.2. The molecule has 0 amide bonds. The van der Waals surface area contributed by atoms with Gasteiger partial charge >= 0.3 is 0 Å². The number of nitrogens with one attached hydrogen (secondary N) is 3. The van der Waals surface area contributed by atoms with Gasteiger partial charge in [-0.05, 0) is 42.7 Å². The first-order valence-electron chi connectivity index (χ1n) is 13.4. The van der Waals surface area contributed by atoms with E-state index >= 15 is 0 Å². The number of H-pyrrole nitrogens is 1. The molecule has 5 rings (SSSR count). The van der Waals surface area contributed by atoms with Crippen LogP contribution in [0.2, 0.25) is 0 Å². The molecule has 0 fully saturated rings. The molecule has 0 aliphatic rings. The molecule has 5 aromatic rings. The second-order valence-electron chi connectivity index (χ2n) is 10.3. The number of fused-ring (bicyclic) bond motifs is 3. The van der Waals surface area contributed by atoms with Crippen LogP contribution in [0, 0.1) is 0 Å². The van der Waals surface area contributed by atoms with Gasteiger partial charge in [0.2, 0.25) is 0 Å². The molecule has 0 saturated carbocycles. The van der Waals surface area contributed by atoms with E-state index in [0.717, 1.165) is 29.7 Å². The van der Waals surface area contributed by atoms with Crippen LogP contribution < -0.4 is 15.4 Å². The van der Waals surface area contributed by atoms with Gasteiger partial charge in [-0.1, -0.05) is 85.8 Å². The number of rotatable bonds is 12. The first kappa shape index (κ1) is 26.0. The van der Waals surface area contributed by atoms with E-state index in [9.17, 15) is 5.11 Å². The minimum Gasteiger partial charge on any atom is -0.491 e. The lowest BCUT2D eigenvalue weighted by molar-refractivity contribution is 0.0968. The van der Waals surface area contributed by atoms with Crippen LogP contribution in [0.25, 0.3) is 21.8 Å². The molecule has 0 aliphatic heterocycles. The van der Waals surface area contributed by atoms with Gasteiger partial charge in [-0.3, -0.25) is 0 Å². The molecule has 4 N–H and O–H groups in total. The van der Waals surface area contributed by atoms with Gasteiger partial charge < -0.3 is 25.5 Å². The number of aliphatic hydroxyl groups excluding tert-OH is 1. The maximum Gasteiger partial charge on any atom is 0.121 e. The first-order valence-corrected chi connectivity index (χ1v) is 13.4. The molecule has 0 saturated heterocycles. The van der Waals surface area contributed by atoms with E-state index in [1.807, 2.05) is 36.4 Å². The van der Waals surface area contributed by atoms with Crippen molar-refractivity contribution in [2.45, 2.75) is 38.0 Å². The summed E-state index contributed by atoms with van der Waals surface area (Å²) in [5, 5.41) is 20.5. The van der Waals surface area contributed by atoms with Gasteiger partial charge in [0.1, 0.15) is 18.5 Å². The molecule has 2 atom stereocenters. The molecule has 1 heterocycles. The van der Waals surface area contributed by atoms with Crippen LogP contribution in [0.3, 0.4) is 0 Å². The third-order valence-electron chi connectivity index (χ3n) is 7.43. The SMILES string of the molecule is CCC(C)(CNC(c1ccccc1)c1ccccc1)NCC(O)COc1ccc2c(c1)[nH]c1ccccc12. The van der Waals surface area contributed by atoms with E-state index in [2.05, 4.69) is 96.2 Å². The number of para-hydroxylation sites is 1. The average Bonchev–Trinajstić information content (AvgIpc) is 3.34. The molecule has 1 aromatic heterocycles. The van der Waals surface area contributed by atoms with Crippen LogP contribution in [0.15, 0.2) is 103 Å². The Morgan fingerprint density at radius 2 is 1.45 bits per heavy atom. The Morgan fingerprint density at radius 1 is 0.816 bits per heavy atom. The third-order valence-corrected chi connectivity index (χ3v) is 7.43. The van der Waals surface area contributed by atoms with Gasteiger partial charge in [0.15, 0.2) is 0 Å². The van der Waals surface area contributed by atoms with E-state index in [1.54, 1.807) is 0 Å². The lowest BCUT2D eigenvalue weighted by atomic mass is 9.94. The summed E-state index contributed by atoms with van der Waals surface area (Å²) >= 11 is 0. The molecule has 5 heteroatoms. The van der Waals surface area contributed by atoms with Gasteiger partial charge in [-0.25, -0.2) is 0 Å². The van der Waals surface area contributed by atoms with Gasteiger partial charge in [0.25, 0.3) is 0 Å². The number of hydrogen-bond acceptors (Lipinski definition) is 4. The Hall–Kier alpha value is -3.64. The number of aromatic amines is 1. The van der Waals surface area contributed by atoms with Crippen molar-refractivity contribution < 1.29 is 9.84 Å². The van der Waals surface area contributed by atoms with Crippen molar-refractivity contribution in [3.05, 3.63) is 114 Å². The summed E-state index contributed by atoms with van der Waals surface area (Å²) in [7, 11) is 0. The number of aliphatic hydroxyl groups is 1. The molecule has 0 bridgehead atoms. The summed E-state index contributed by atoms with van der Waals surface area (Å²) in [6.45, 7) is 5.80. The average molecular weight is 508 g/mol. The molecule has 4 aromatic carbocycles. The smallest absolute Gasteiger partial charge is 0.121 e. The maximum absolute atomic E-state index is 10.7. The molecule has 2 unspecified atom stereocenters. The fraction of sp³-hybridized carbons (Fsp3) is 0.273. The van der Waals surface area contributed by atoms with Crippen molar-refractivity contribution in [2.75, 3.05) is 19.7 Å². The highest BCUT2D eigenvalue weighted by Crippen LogP contribution is 2.28. The van der Waals surface area contributed by atoms with Crippen molar-refractivity contribution >= 4 is 21.8 Å². The molecule has 5 nitrogen and oxygen atoms in total. The Kier molecular flexibility index (Phi) is 8.08. The zero-order chi connectivity index (χ0) is 26.4. The largest absolute Gasteiger partial charge is 0.491 e. The molecular formula is C33H37N3O2. The van der Waals surface area contributed by atoms with Crippen molar-refractivity contribution in [2.24, 2.45) is 0 Å². The number of β-amino-alcohol motifs (C(OH)–C–C–N with tert-alkyl or cyclic N) is 1. The van der Waals surface area contributed by atoms with E-state index in [4.69, 9.17) is 4.74 Å². The number of benzene rings is 4. The number of ether oxygens (including phenoxy) is 1. The number of hydrogen-bond donors (Lipinski definition) is 4. The minimum absolute atomic E-state index is 0.0953. The van der Waals surface area contributed by atoms with Gasteiger partial charge in [-0.2, -0.15) is 0 Å². The summed E-state index contributed by atoms with van der Waals surface area (Å²) in [5.41, 5.74) is 4.42. The van der Waals surface area contributed by atoms with Gasteiger partial charge in [-0.15, -0.1) is 0 Å². The predicted molar refractivity (Wildman–Crippen MR) is 157 cm³/mol. The highest BCUT2D eigenvalue weighted by atomic mass is 16.5. The van der Waals surface area contributed by atoms with Crippen LogP contribution in [0.1, 0.15) is 37.4 Å². The second-order valence-corrected chi connectivity index (χ2v) is 10.3. The van der Waals surface area contributed by atoms with Crippen molar-refractivity contribution in [3.8, 4) is 5.75 Å². The summed E-state index contributed by atoms with van der Waals surface area (Å²) < 4.78 is 5.96. The molecule has 0 spiro atoms. The molecule has 38 heavy (non-hydrogen) atoms. The van der Waals surface area contributed by atoms with E-state index in [-0.39, 0.29) is 18.2 Å². The predicted octanol–water partition coefficient (Wildman–Crippen LogP) is 6.20. The molecule has 0 aliphatic carbocycles. The zero-order valence-electron chi connectivity index (χ0n) is 22.2. The van der Waals surface area contributed by atoms with Gasteiger partial charge in [0.05, 0.1) is 11.6 Å². The summed E-state index contributed by atoms with van der Waals surface area (Å²) in [6, 6.07) is 35.5. The molecule has 196 valence electrons. The Labute approximate surface area is 224 Å². The second kappa shape index (κ2) is 11.8. The molecular weight excluding hydrogens is 470 g/mol. The Morgan fingerprint density at radius 3 is 2.13 bits per heavy atom. The number of aromatic nitrogens is 1. The van der Waals surface area contributed by atoms with E-state index < -0.39 is 6.10 Å². The van der Waals surface area contributed by atoms with Crippen molar-refractivity contribution in [3.63, 3.8) is 0 Å². The lowest BCUT2D eigenvalue weighted by Gasteiger charge is -2.33. The minimum atomic E-state index is -0.627. The maximum atomic E-state index is 10.7. The van der Waals surface area contributed by atoms with Crippen molar-refractivity contribution in [1.29, 1.82) is 0 Å². The highest BCUT2D eigenvalue weighted by Gasteiger charge is 2.25.